The van der Waals surface area contributed by atoms with Crippen molar-refractivity contribution in [2.75, 3.05) is 16.8 Å². The lowest BCUT2D eigenvalue weighted by atomic mass is 10.2. The third kappa shape index (κ3) is 2.84. The Labute approximate surface area is 142 Å². The van der Waals surface area contributed by atoms with Crippen molar-refractivity contribution in [3.63, 3.8) is 0 Å². The summed E-state index contributed by atoms with van der Waals surface area (Å²) in [5.41, 5.74) is 0.681. The Hall–Kier alpha value is -2.48. The number of carbonyl (C=O) groups excluding carboxylic acids is 2. The van der Waals surface area contributed by atoms with Gasteiger partial charge in [-0.3, -0.25) is 14.9 Å². The van der Waals surface area contributed by atoms with Crippen molar-refractivity contribution in [3.05, 3.63) is 29.3 Å². The van der Waals surface area contributed by atoms with Gasteiger partial charge in [-0.05, 0) is 25.0 Å². The fourth-order valence-corrected chi connectivity index (χ4v) is 3.55. The number of ether oxygens (including phenoxy) is 1. The first-order valence-electron chi connectivity index (χ1n) is 7.80. The van der Waals surface area contributed by atoms with Gasteiger partial charge in [-0.15, -0.1) is 10.2 Å². The molecule has 1 aromatic carbocycles. The van der Waals surface area contributed by atoms with Crippen molar-refractivity contribution in [1.29, 1.82) is 0 Å². The van der Waals surface area contributed by atoms with Gasteiger partial charge < -0.3 is 9.64 Å². The monoisotopic (exact) mass is 344 g/mol. The molecule has 1 saturated carbocycles. The minimum atomic E-state index is -0.780. The Bertz CT molecular complexity index is 802. The first-order chi connectivity index (χ1) is 11.6. The van der Waals surface area contributed by atoms with Crippen molar-refractivity contribution in [2.24, 2.45) is 0 Å². The lowest BCUT2D eigenvalue weighted by molar-refractivity contribution is -0.123. The Morgan fingerprint density at radius 3 is 2.83 bits per heavy atom. The highest BCUT2D eigenvalue weighted by atomic mass is 32.1. The summed E-state index contributed by atoms with van der Waals surface area (Å²) in [7, 11) is 0. The zero-order chi connectivity index (χ0) is 16.7. The lowest BCUT2D eigenvalue weighted by Crippen LogP contribution is -2.48. The van der Waals surface area contributed by atoms with E-state index in [1.165, 1.54) is 18.3 Å². The lowest BCUT2D eigenvalue weighted by Gasteiger charge is -2.33. The molecule has 2 aromatic rings. The summed E-state index contributed by atoms with van der Waals surface area (Å²) in [6, 6.07) is 7.20. The molecule has 7 nitrogen and oxygen atoms in total. The van der Waals surface area contributed by atoms with E-state index >= 15 is 0 Å². The molecule has 1 aromatic heterocycles. The highest BCUT2D eigenvalue weighted by molar-refractivity contribution is 7.15. The van der Waals surface area contributed by atoms with Crippen LogP contribution in [0.1, 0.15) is 30.7 Å². The topological polar surface area (TPSA) is 84.4 Å². The van der Waals surface area contributed by atoms with Crippen molar-refractivity contribution in [3.8, 4) is 5.75 Å². The fourth-order valence-electron chi connectivity index (χ4n) is 2.64. The molecule has 8 heteroatoms. The number of hydrogen-bond acceptors (Lipinski definition) is 6. The van der Waals surface area contributed by atoms with Gasteiger partial charge in [0.25, 0.3) is 5.91 Å². The van der Waals surface area contributed by atoms with Crippen molar-refractivity contribution in [1.82, 2.24) is 10.2 Å². The average molecular weight is 344 g/mol. The molecule has 1 unspecified atom stereocenters. The van der Waals surface area contributed by atoms with Gasteiger partial charge in [-0.2, -0.15) is 0 Å². The number of amides is 2. The predicted octanol–water partition coefficient (Wildman–Crippen LogP) is 2.17. The van der Waals surface area contributed by atoms with Gasteiger partial charge in [-0.1, -0.05) is 23.5 Å². The molecule has 1 fully saturated rings. The second kappa shape index (κ2) is 5.86. The smallest absolute Gasteiger partial charge is 0.269 e. The number of fused-ring (bicyclic) bond motifs is 1. The molecule has 2 amide bonds. The molecule has 1 aliphatic heterocycles. The number of para-hydroxylation sites is 2. The number of aromatic nitrogens is 2. The number of benzene rings is 1. The van der Waals surface area contributed by atoms with E-state index in [2.05, 4.69) is 15.5 Å². The molecule has 24 heavy (non-hydrogen) atoms. The number of carbonyl (C=O) groups is 2. The second-order valence-corrected chi connectivity index (χ2v) is 6.92. The highest BCUT2D eigenvalue weighted by Gasteiger charge is 2.33. The summed E-state index contributed by atoms with van der Waals surface area (Å²) < 4.78 is 5.76. The number of anilines is 2. The van der Waals surface area contributed by atoms with E-state index in [0.29, 0.717) is 22.5 Å². The van der Waals surface area contributed by atoms with E-state index in [0.717, 1.165) is 17.8 Å². The van der Waals surface area contributed by atoms with Crippen LogP contribution in [0.2, 0.25) is 0 Å². The average Bonchev–Trinajstić information content (AvgIpc) is 3.33. The molecule has 4 rings (SSSR count). The van der Waals surface area contributed by atoms with E-state index in [1.807, 2.05) is 12.1 Å². The number of nitrogens with one attached hydrogen (secondary N) is 1. The Balaban J connectivity index is 1.51. The van der Waals surface area contributed by atoms with Crippen LogP contribution in [0.15, 0.2) is 24.3 Å². The zero-order valence-corrected chi connectivity index (χ0v) is 13.9. The van der Waals surface area contributed by atoms with Gasteiger partial charge in [0.2, 0.25) is 11.0 Å². The number of rotatable bonds is 3. The van der Waals surface area contributed by atoms with Crippen LogP contribution in [-0.2, 0) is 9.59 Å². The van der Waals surface area contributed by atoms with Gasteiger partial charge >= 0.3 is 0 Å². The van der Waals surface area contributed by atoms with E-state index in [1.54, 1.807) is 17.0 Å². The molecule has 0 radical (unpaired) electrons. The van der Waals surface area contributed by atoms with Crippen LogP contribution in [0.5, 0.6) is 5.75 Å². The minimum absolute atomic E-state index is 0.129. The van der Waals surface area contributed by atoms with E-state index in [4.69, 9.17) is 4.74 Å². The predicted molar refractivity (Wildman–Crippen MR) is 89.4 cm³/mol. The van der Waals surface area contributed by atoms with Crippen molar-refractivity contribution >= 4 is 34.0 Å². The maximum absolute atomic E-state index is 12.5. The van der Waals surface area contributed by atoms with E-state index < -0.39 is 6.10 Å². The summed E-state index contributed by atoms with van der Waals surface area (Å²) in [5, 5.41) is 12.3. The van der Waals surface area contributed by atoms with Crippen LogP contribution >= 0.6 is 11.3 Å². The van der Waals surface area contributed by atoms with Gasteiger partial charge in [0.1, 0.15) is 10.8 Å². The highest BCUT2D eigenvalue weighted by Crippen LogP contribution is 2.42. The molecule has 2 heterocycles. The number of hydrogen-bond donors (Lipinski definition) is 1. The summed E-state index contributed by atoms with van der Waals surface area (Å²) in [5.74, 6) is 0.568. The molecule has 1 atom stereocenters. The van der Waals surface area contributed by atoms with Crippen LogP contribution < -0.4 is 15.0 Å². The van der Waals surface area contributed by atoms with E-state index in [9.17, 15) is 9.59 Å². The minimum Gasteiger partial charge on any atom is -0.476 e. The molecule has 1 N–H and O–H groups in total. The molecular weight excluding hydrogens is 328 g/mol. The van der Waals surface area contributed by atoms with E-state index in [-0.39, 0.29) is 18.4 Å². The summed E-state index contributed by atoms with van der Waals surface area (Å²) in [6.45, 7) is 1.65. The molecule has 0 saturated heterocycles. The molecule has 124 valence electrons. The summed E-state index contributed by atoms with van der Waals surface area (Å²) in [6.07, 6.45) is 1.49. The van der Waals surface area contributed by atoms with Gasteiger partial charge in [0, 0.05) is 12.8 Å². The zero-order valence-electron chi connectivity index (χ0n) is 13.1. The molecule has 1 aliphatic carbocycles. The van der Waals surface area contributed by atoms with Gasteiger partial charge in [0.05, 0.1) is 12.2 Å². The van der Waals surface area contributed by atoms with Crippen LogP contribution in [0.4, 0.5) is 10.8 Å². The Morgan fingerprint density at radius 2 is 2.08 bits per heavy atom. The maximum Gasteiger partial charge on any atom is 0.269 e. The third-order valence-electron chi connectivity index (χ3n) is 4.04. The summed E-state index contributed by atoms with van der Waals surface area (Å²) >= 11 is 1.40. The van der Waals surface area contributed by atoms with Crippen LogP contribution in [0.3, 0.4) is 0 Å². The maximum atomic E-state index is 12.5. The van der Waals surface area contributed by atoms with Crippen molar-refractivity contribution in [2.45, 2.75) is 31.8 Å². The van der Waals surface area contributed by atoms with Gasteiger partial charge in [-0.25, -0.2) is 0 Å². The third-order valence-corrected chi connectivity index (χ3v) is 5.04. The first kappa shape index (κ1) is 15.1. The largest absolute Gasteiger partial charge is 0.476 e. The van der Waals surface area contributed by atoms with Crippen LogP contribution in [0.25, 0.3) is 0 Å². The van der Waals surface area contributed by atoms with Gasteiger partial charge in [0.15, 0.2) is 6.10 Å². The molecular formula is C16H16N4O3S. The first-order valence-corrected chi connectivity index (χ1v) is 8.61. The van der Waals surface area contributed by atoms with Crippen molar-refractivity contribution < 1.29 is 14.3 Å². The standard InChI is InChI=1S/C16H16N4O3S/c1-9(21)20-8-13(23-12-5-3-2-4-11(12)20)14(22)17-16-19-18-15(24-16)10-6-7-10/h2-5,10,13H,6-8H2,1H3,(H,17,19,22). The molecule has 2 aliphatic rings. The Morgan fingerprint density at radius 1 is 1.29 bits per heavy atom. The normalized spacial score (nSPS) is 19.4. The van der Waals surface area contributed by atoms with Crippen LogP contribution in [0, 0.1) is 0 Å². The quantitative estimate of drug-likeness (QED) is 0.922. The fraction of sp³-hybridized carbons (Fsp3) is 0.375. The second-order valence-electron chi connectivity index (χ2n) is 5.91. The SMILES string of the molecule is CC(=O)N1CC(C(=O)Nc2nnc(C3CC3)s2)Oc2ccccc21. The molecule has 0 spiro atoms. The number of nitrogens with zero attached hydrogens (tertiary/aromatic N) is 3. The van der Waals surface area contributed by atoms with Crippen LogP contribution in [-0.4, -0.2) is 34.7 Å². The Kier molecular flexibility index (Phi) is 3.68. The molecule has 0 bridgehead atoms. The summed E-state index contributed by atoms with van der Waals surface area (Å²) in [4.78, 5) is 26.0.